The Morgan fingerprint density at radius 2 is 1.90 bits per heavy atom. The van der Waals surface area contributed by atoms with Crippen LogP contribution >= 0.6 is 0 Å². The molecule has 0 fully saturated rings. The highest BCUT2D eigenvalue weighted by Gasteiger charge is 2.39. The van der Waals surface area contributed by atoms with E-state index in [0.29, 0.717) is 41.5 Å². The lowest BCUT2D eigenvalue weighted by Crippen LogP contribution is -2.30. The van der Waals surface area contributed by atoms with Gasteiger partial charge in [-0.25, -0.2) is 4.98 Å². The van der Waals surface area contributed by atoms with Gasteiger partial charge in [-0.05, 0) is 23.5 Å². The zero-order valence-electron chi connectivity index (χ0n) is 17.4. The Kier molecular flexibility index (Phi) is 4.10. The average molecular weight is 400 g/mol. The number of carbonyl (C=O) groups excluding carboxylic acids is 1. The number of rotatable bonds is 2. The van der Waals surface area contributed by atoms with Crippen LogP contribution in [0.15, 0.2) is 48.5 Å². The molecule has 2 N–H and O–H groups in total. The van der Waals surface area contributed by atoms with E-state index in [1.165, 1.54) is 0 Å². The summed E-state index contributed by atoms with van der Waals surface area (Å²) in [6.45, 7) is 4.16. The summed E-state index contributed by atoms with van der Waals surface area (Å²) >= 11 is 0. The van der Waals surface area contributed by atoms with Crippen LogP contribution in [0.3, 0.4) is 0 Å². The van der Waals surface area contributed by atoms with Crippen molar-refractivity contribution in [2.24, 2.45) is 5.41 Å². The molecule has 0 saturated heterocycles. The number of nitrogens with two attached hydrogens (primary N) is 1. The van der Waals surface area contributed by atoms with E-state index in [1.54, 1.807) is 7.11 Å². The molecule has 0 radical (unpaired) electrons. The van der Waals surface area contributed by atoms with Crippen molar-refractivity contribution in [3.63, 3.8) is 0 Å². The normalized spacial score (nSPS) is 18.6. The topological polar surface area (TPSA) is 74.4 Å². The summed E-state index contributed by atoms with van der Waals surface area (Å²) < 4.78 is 11.6. The van der Waals surface area contributed by atoms with E-state index < -0.39 is 0 Å². The van der Waals surface area contributed by atoms with Crippen LogP contribution in [0.1, 0.15) is 58.9 Å². The van der Waals surface area contributed by atoms with E-state index in [2.05, 4.69) is 26.0 Å². The van der Waals surface area contributed by atoms with E-state index in [4.69, 9.17) is 20.2 Å². The summed E-state index contributed by atoms with van der Waals surface area (Å²) in [6, 6.07) is 15.9. The van der Waals surface area contributed by atoms with Crippen molar-refractivity contribution in [3.05, 3.63) is 76.5 Å². The first-order valence-electron chi connectivity index (χ1n) is 10.1. The van der Waals surface area contributed by atoms with Crippen LogP contribution < -0.4 is 15.2 Å². The molecule has 1 atom stereocenters. The van der Waals surface area contributed by atoms with Gasteiger partial charge < -0.3 is 15.2 Å². The predicted octanol–water partition coefficient (Wildman–Crippen LogP) is 5.11. The smallest absolute Gasteiger partial charge is 0.225 e. The Morgan fingerprint density at radius 1 is 1.13 bits per heavy atom. The Bertz CT molecular complexity index is 1170. The second kappa shape index (κ2) is 6.59. The molecule has 1 aliphatic heterocycles. The van der Waals surface area contributed by atoms with Crippen molar-refractivity contribution < 1.29 is 14.3 Å². The molecular weight excluding hydrogens is 376 g/mol. The van der Waals surface area contributed by atoms with Crippen molar-refractivity contribution in [3.8, 4) is 17.4 Å². The maximum atomic E-state index is 13.0. The molecule has 152 valence electrons. The molecule has 5 nitrogen and oxygen atoms in total. The van der Waals surface area contributed by atoms with E-state index in [0.717, 1.165) is 22.4 Å². The Hall–Kier alpha value is -3.34. The van der Waals surface area contributed by atoms with Gasteiger partial charge in [0.2, 0.25) is 5.88 Å². The van der Waals surface area contributed by atoms with Gasteiger partial charge in [0.25, 0.3) is 0 Å². The molecule has 1 aromatic heterocycles. The Morgan fingerprint density at radius 3 is 2.63 bits per heavy atom. The highest BCUT2D eigenvalue weighted by atomic mass is 16.5. The minimum Gasteiger partial charge on any atom is -0.497 e. The molecule has 2 aromatic carbocycles. The molecule has 2 heterocycles. The molecule has 30 heavy (non-hydrogen) atoms. The number of ketones is 1. The molecular formula is C25H24N2O3. The van der Waals surface area contributed by atoms with E-state index in [-0.39, 0.29) is 17.1 Å². The van der Waals surface area contributed by atoms with Crippen LogP contribution in [-0.2, 0) is 6.42 Å². The van der Waals surface area contributed by atoms with Gasteiger partial charge in [-0.3, -0.25) is 4.79 Å². The minimum atomic E-state index is -0.170. The fourth-order valence-corrected chi connectivity index (χ4v) is 4.70. The first kappa shape index (κ1) is 18.7. The van der Waals surface area contributed by atoms with Crippen molar-refractivity contribution >= 4 is 11.5 Å². The number of ether oxygens (including phenoxy) is 2. The first-order valence-corrected chi connectivity index (χ1v) is 10.1. The second-order valence-corrected chi connectivity index (χ2v) is 8.86. The van der Waals surface area contributed by atoms with Crippen molar-refractivity contribution in [1.29, 1.82) is 0 Å². The van der Waals surface area contributed by atoms with Gasteiger partial charge in [0, 0.05) is 24.0 Å². The van der Waals surface area contributed by atoms with Crippen molar-refractivity contribution in [1.82, 2.24) is 4.98 Å². The summed E-state index contributed by atoms with van der Waals surface area (Å²) in [4.78, 5) is 17.8. The number of pyridine rings is 1. The van der Waals surface area contributed by atoms with Crippen LogP contribution in [0, 0.1) is 5.41 Å². The van der Waals surface area contributed by atoms with Crippen LogP contribution in [0.5, 0.6) is 17.4 Å². The molecule has 1 aliphatic carbocycles. The fraction of sp³-hybridized carbons (Fsp3) is 0.280. The van der Waals surface area contributed by atoms with E-state index in [1.807, 2.05) is 36.4 Å². The van der Waals surface area contributed by atoms with Gasteiger partial charge in [-0.1, -0.05) is 50.2 Å². The standard InChI is InChI=1S/C25H24N2O3/c1-25(2)12-17-21(18(28)13-25)23(26)22-20(14-7-5-4-6-8-14)16-10-9-15(29-3)11-19(16)30-24(22)27-17/h4-11,20H,12-13H2,1-3H3,(H2,26,27). The number of aromatic nitrogens is 1. The van der Waals surface area contributed by atoms with Crippen LogP contribution in [0.25, 0.3) is 0 Å². The van der Waals surface area contributed by atoms with Crippen LogP contribution in [0.4, 0.5) is 5.69 Å². The van der Waals surface area contributed by atoms with Crippen molar-refractivity contribution in [2.75, 3.05) is 12.8 Å². The summed E-state index contributed by atoms with van der Waals surface area (Å²) in [5.41, 5.74) is 11.1. The molecule has 5 rings (SSSR count). The number of hydrogen-bond acceptors (Lipinski definition) is 5. The molecule has 2 aliphatic rings. The number of nitrogens with zero attached hydrogens (tertiary/aromatic N) is 1. The predicted molar refractivity (Wildman–Crippen MR) is 116 cm³/mol. The molecule has 3 aromatic rings. The first-order chi connectivity index (χ1) is 14.4. The molecule has 0 spiro atoms. The number of anilines is 1. The number of benzene rings is 2. The number of carbonyl (C=O) groups is 1. The largest absolute Gasteiger partial charge is 0.497 e. The lowest BCUT2D eigenvalue weighted by Gasteiger charge is -2.34. The maximum Gasteiger partial charge on any atom is 0.225 e. The van der Waals surface area contributed by atoms with Gasteiger partial charge in [-0.15, -0.1) is 0 Å². The molecule has 0 bridgehead atoms. The van der Waals surface area contributed by atoms with E-state index >= 15 is 0 Å². The molecule has 0 amide bonds. The summed E-state index contributed by atoms with van der Waals surface area (Å²) in [5.74, 6) is 1.78. The lowest BCUT2D eigenvalue weighted by atomic mass is 9.73. The van der Waals surface area contributed by atoms with E-state index in [9.17, 15) is 4.79 Å². The summed E-state index contributed by atoms with van der Waals surface area (Å²) in [7, 11) is 1.63. The van der Waals surface area contributed by atoms with Gasteiger partial charge in [-0.2, -0.15) is 0 Å². The summed E-state index contributed by atoms with van der Waals surface area (Å²) in [6.07, 6.45) is 1.16. The van der Waals surface area contributed by atoms with Gasteiger partial charge in [0.1, 0.15) is 11.5 Å². The highest BCUT2D eigenvalue weighted by Crippen LogP contribution is 2.52. The number of nitrogen functional groups attached to an aromatic ring is 1. The molecule has 0 saturated carbocycles. The Labute approximate surface area is 175 Å². The zero-order valence-corrected chi connectivity index (χ0v) is 17.4. The maximum absolute atomic E-state index is 13.0. The van der Waals surface area contributed by atoms with Crippen LogP contribution in [-0.4, -0.2) is 17.9 Å². The molecule has 1 unspecified atom stereocenters. The van der Waals surface area contributed by atoms with Crippen LogP contribution in [0.2, 0.25) is 0 Å². The minimum absolute atomic E-state index is 0.0568. The highest BCUT2D eigenvalue weighted by molar-refractivity contribution is 6.04. The Balaban J connectivity index is 1.78. The third-order valence-corrected chi connectivity index (χ3v) is 6.04. The number of Topliss-reactive ketones (excluding diaryl/α,β-unsaturated/α-hetero) is 1. The monoisotopic (exact) mass is 400 g/mol. The SMILES string of the molecule is COc1ccc2c(c1)Oc1nc3c(c(N)c1C2c1ccccc1)C(=O)CC(C)(C)C3. The summed E-state index contributed by atoms with van der Waals surface area (Å²) in [5, 5.41) is 0. The van der Waals surface area contributed by atoms with Gasteiger partial charge in [0.05, 0.1) is 29.6 Å². The second-order valence-electron chi connectivity index (χ2n) is 8.86. The third-order valence-electron chi connectivity index (χ3n) is 6.04. The number of hydrogen-bond donors (Lipinski definition) is 1. The van der Waals surface area contributed by atoms with Gasteiger partial charge in [0.15, 0.2) is 5.78 Å². The fourth-order valence-electron chi connectivity index (χ4n) is 4.70. The quantitative estimate of drug-likeness (QED) is 0.506. The number of fused-ring (bicyclic) bond motifs is 3. The number of methoxy groups -OCH3 is 1. The third kappa shape index (κ3) is 2.84. The van der Waals surface area contributed by atoms with Crippen molar-refractivity contribution in [2.45, 2.75) is 32.6 Å². The average Bonchev–Trinajstić information content (AvgIpc) is 2.71. The zero-order chi connectivity index (χ0) is 21.0. The van der Waals surface area contributed by atoms with Gasteiger partial charge >= 0.3 is 0 Å². The molecule has 5 heteroatoms. The lowest BCUT2D eigenvalue weighted by molar-refractivity contribution is 0.0911.